The van der Waals surface area contributed by atoms with Crippen LogP contribution in [0.15, 0.2) is 48.9 Å². The van der Waals surface area contributed by atoms with E-state index in [0.717, 1.165) is 36.8 Å². The molecule has 3 heterocycles. The monoisotopic (exact) mass is 306 g/mol. The van der Waals surface area contributed by atoms with Gasteiger partial charge in [0.25, 0.3) is 0 Å². The summed E-state index contributed by atoms with van der Waals surface area (Å²) < 4.78 is 2.11. The number of hydrogen-bond donors (Lipinski definition) is 0. The largest absolute Gasteiger partial charge is 0.337 e. The van der Waals surface area contributed by atoms with Crippen LogP contribution in [0.5, 0.6) is 0 Å². The van der Waals surface area contributed by atoms with Gasteiger partial charge in [-0.2, -0.15) is 0 Å². The Labute approximate surface area is 136 Å². The van der Waals surface area contributed by atoms with E-state index in [-0.39, 0.29) is 0 Å². The molecule has 4 nitrogen and oxygen atoms in total. The summed E-state index contributed by atoms with van der Waals surface area (Å²) in [5.41, 5.74) is 2.53. The standard InChI is InChI=1S/C19H22N4/c1-22-11-9-21-19(22)14-23-10-7-15(13-23)12-16-6-8-20-18-5-3-2-4-17(16)18/h2-6,8-9,11,15H,7,10,12-14H2,1H3/t15-/m0/s1. The Hall–Kier alpha value is -2.20. The normalized spacial score (nSPS) is 18.7. The third-order valence-electron chi connectivity index (χ3n) is 4.90. The second kappa shape index (κ2) is 6.13. The lowest BCUT2D eigenvalue weighted by molar-refractivity contribution is 0.305. The van der Waals surface area contributed by atoms with E-state index < -0.39 is 0 Å². The fourth-order valence-electron chi connectivity index (χ4n) is 3.62. The maximum absolute atomic E-state index is 4.47. The lowest BCUT2D eigenvalue weighted by atomic mass is 9.96. The average Bonchev–Trinajstić information content (AvgIpc) is 3.18. The SMILES string of the molecule is Cn1ccnc1CN1CC[C@@H](Cc2ccnc3ccccc23)C1. The molecule has 0 amide bonds. The summed E-state index contributed by atoms with van der Waals surface area (Å²) in [6.45, 7) is 3.28. The van der Waals surface area contributed by atoms with E-state index in [1.54, 1.807) is 0 Å². The number of rotatable bonds is 4. The molecule has 1 aromatic carbocycles. The molecule has 0 bridgehead atoms. The van der Waals surface area contributed by atoms with Gasteiger partial charge in [-0.3, -0.25) is 9.88 Å². The van der Waals surface area contributed by atoms with Gasteiger partial charge in [-0.25, -0.2) is 4.98 Å². The molecule has 0 spiro atoms. The Morgan fingerprint density at radius 1 is 1.13 bits per heavy atom. The smallest absolute Gasteiger partial charge is 0.122 e. The van der Waals surface area contributed by atoms with Gasteiger partial charge in [0.2, 0.25) is 0 Å². The molecule has 3 aromatic rings. The number of hydrogen-bond acceptors (Lipinski definition) is 3. The molecule has 2 aromatic heterocycles. The van der Waals surface area contributed by atoms with Crippen LogP contribution in [0.25, 0.3) is 10.9 Å². The lowest BCUT2D eigenvalue weighted by Crippen LogP contribution is -2.22. The third kappa shape index (κ3) is 2.99. The van der Waals surface area contributed by atoms with Gasteiger partial charge in [-0.15, -0.1) is 0 Å². The molecule has 23 heavy (non-hydrogen) atoms. The summed E-state index contributed by atoms with van der Waals surface area (Å²) in [6, 6.07) is 10.6. The van der Waals surface area contributed by atoms with E-state index in [1.807, 2.05) is 18.6 Å². The van der Waals surface area contributed by atoms with Crippen molar-refractivity contribution < 1.29 is 0 Å². The van der Waals surface area contributed by atoms with Crippen molar-refractivity contribution in [2.24, 2.45) is 13.0 Å². The van der Waals surface area contributed by atoms with Gasteiger partial charge in [-0.05, 0) is 43.0 Å². The van der Waals surface area contributed by atoms with Crippen molar-refractivity contribution >= 4 is 10.9 Å². The van der Waals surface area contributed by atoms with E-state index in [0.29, 0.717) is 0 Å². The van der Waals surface area contributed by atoms with Crippen LogP contribution in [0.2, 0.25) is 0 Å². The topological polar surface area (TPSA) is 34.0 Å². The first-order valence-electron chi connectivity index (χ1n) is 8.31. The fourth-order valence-corrected chi connectivity index (χ4v) is 3.62. The van der Waals surface area contributed by atoms with Crippen LogP contribution in [-0.4, -0.2) is 32.5 Å². The molecular weight excluding hydrogens is 284 g/mol. The highest BCUT2D eigenvalue weighted by molar-refractivity contribution is 5.81. The quantitative estimate of drug-likeness (QED) is 0.743. The molecule has 1 fully saturated rings. The van der Waals surface area contributed by atoms with E-state index in [1.165, 1.54) is 23.9 Å². The van der Waals surface area contributed by atoms with Gasteiger partial charge in [0, 0.05) is 37.6 Å². The Morgan fingerprint density at radius 2 is 2.04 bits per heavy atom. The molecule has 0 aliphatic carbocycles. The summed E-state index contributed by atoms with van der Waals surface area (Å²) >= 11 is 0. The van der Waals surface area contributed by atoms with E-state index in [9.17, 15) is 0 Å². The minimum absolute atomic E-state index is 0.723. The Kier molecular flexibility index (Phi) is 3.83. The van der Waals surface area contributed by atoms with Gasteiger partial charge in [0.15, 0.2) is 0 Å². The van der Waals surface area contributed by atoms with Crippen LogP contribution in [0, 0.1) is 5.92 Å². The van der Waals surface area contributed by atoms with Crippen LogP contribution in [-0.2, 0) is 20.0 Å². The van der Waals surface area contributed by atoms with Crippen LogP contribution >= 0.6 is 0 Å². The van der Waals surface area contributed by atoms with Gasteiger partial charge in [0.1, 0.15) is 5.82 Å². The van der Waals surface area contributed by atoms with Crippen molar-refractivity contribution in [2.75, 3.05) is 13.1 Å². The van der Waals surface area contributed by atoms with Crippen LogP contribution < -0.4 is 0 Å². The Balaban J connectivity index is 1.45. The molecule has 1 atom stereocenters. The molecule has 0 N–H and O–H groups in total. The predicted octanol–water partition coefficient (Wildman–Crippen LogP) is 3.03. The summed E-state index contributed by atoms with van der Waals surface area (Å²) in [5, 5.41) is 1.30. The number of imidazole rings is 1. The first-order valence-corrected chi connectivity index (χ1v) is 8.31. The minimum atomic E-state index is 0.723. The highest BCUT2D eigenvalue weighted by Crippen LogP contribution is 2.25. The number of pyridine rings is 1. The minimum Gasteiger partial charge on any atom is -0.337 e. The summed E-state index contributed by atoms with van der Waals surface area (Å²) in [6.07, 6.45) is 8.25. The van der Waals surface area contributed by atoms with Crippen LogP contribution in [0.1, 0.15) is 17.8 Å². The first kappa shape index (κ1) is 14.4. The fraction of sp³-hybridized carbons (Fsp3) is 0.368. The van der Waals surface area contributed by atoms with Crippen molar-refractivity contribution in [3.8, 4) is 0 Å². The molecule has 1 aliphatic heterocycles. The first-order chi connectivity index (χ1) is 11.3. The molecule has 0 unspecified atom stereocenters. The second-order valence-corrected chi connectivity index (χ2v) is 6.54. The lowest BCUT2D eigenvalue weighted by Gasteiger charge is -2.16. The number of likely N-dealkylation sites (tertiary alicyclic amines) is 1. The van der Waals surface area contributed by atoms with Crippen molar-refractivity contribution in [3.63, 3.8) is 0 Å². The Morgan fingerprint density at radius 3 is 2.91 bits per heavy atom. The molecule has 1 aliphatic rings. The Bertz CT molecular complexity index is 802. The van der Waals surface area contributed by atoms with Gasteiger partial charge >= 0.3 is 0 Å². The van der Waals surface area contributed by atoms with Crippen molar-refractivity contribution in [1.82, 2.24) is 19.4 Å². The summed E-state index contributed by atoms with van der Waals surface area (Å²) in [5.74, 6) is 1.88. The van der Waals surface area contributed by atoms with E-state index in [4.69, 9.17) is 0 Å². The molecule has 4 heteroatoms. The number of para-hydroxylation sites is 1. The number of fused-ring (bicyclic) bond motifs is 1. The summed E-state index contributed by atoms with van der Waals surface area (Å²) in [7, 11) is 2.07. The molecule has 4 rings (SSSR count). The maximum atomic E-state index is 4.47. The number of nitrogens with zero attached hydrogens (tertiary/aromatic N) is 4. The van der Waals surface area contributed by atoms with Crippen molar-refractivity contribution in [2.45, 2.75) is 19.4 Å². The highest BCUT2D eigenvalue weighted by atomic mass is 15.2. The number of aromatic nitrogens is 3. The zero-order chi connectivity index (χ0) is 15.6. The van der Waals surface area contributed by atoms with Gasteiger partial charge < -0.3 is 4.57 Å². The van der Waals surface area contributed by atoms with E-state index in [2.05, 4.69) is 56.8 Å². The number of benzene rings is 1. The molecule has 118 valence electrons. The predicted molar refractivity (Wildman–Crippen MR) is 92.0 cm³/mol. The highest BCUT2D eigenvalue weighted by Gasteiger charge is 2.24. The molecule has 0 radical (unpaired) electrons. The second-order valence-electron chi connectivity index (χ2n) is 6.54. The maximum Gasteiger partial charge on any atom is 0.122 e. The van der Waals surface area contributed by atoms with Crippen molar-refractivity contribution in [1.29, 1.82) is 0 Å². The van der Waals surface area contributed by atoms with Gasteiger partial charge in [-0.1, -0.05) is 18.2 Å². The zero-order valence-corrected chi connectivity index (χ0v) is 13.5. The number of aryl methyl sites for hydroxylation is 1. The molecule has 1 saturated heterocycles. The molecular formula is C19H22N4. The van der Waals surface area contributed by atoms with Crippen molar-refractivity contribution in [3.05, 3.63) is 60.3 Å². The third-order valence-corrected chi connectivity index (χ3v) is 4.90. The summed E-state index contributed by atoms with van der Waals surface area (Å²) in [4.78, 5) is 11.4. The van der Waals surface area contributed by atoms with Crippen LogP contribution in [0.4, 0.5) is 0 Å². The van der Waals surface area contributed by atoms with Crippen LogP contribution in [0.3, 0.4) is 0 Å². The van der Waals surface area contributed by atoms with Gasteiger partial charge in [0.05, 0.1) is 12.1 Å². The zero-order valence-electron chi connectivity index (χ0n) is 13.5. The molecule has 0 saturated carbocycles. The van der Waals surface area contributed by atoms with E-state index >= 15 is 0 Å². The average molecular weight is 306 g/mol.